The summed E-state index contributed by atoms with van der Waals surface area (Å²) in [7, 11) is 1.69. The van der Waals surface area contributed by atoms with Crippen molar-refractivity contribution in [2.75, 3.05) is 7.11 Å². The first-order valence-corrected chi connectivity index (χ1v) is 8.59. The fourth-order valence-electron chi connectivity index (χ4n) is 3.46. The number of hydrogen-bond acceptors (Lipinski definition) is 1. The molecule has 0 amide bonds. The molecule has 2 heterocycles. The van der Waals surface area contributed by atoms with Crippen LogP contribution in [-0.4, -0.2) is 16.8 Å². The summed E-state index contributed by atoms with van der Waals surface area (Å²) in [6.45, 7) is 0. The summed E-state index contributed by atoms with van der Waals surface area (Å²) in [5.41, 5.74) is 6.80. The molecule has 5 aromatic rings. The average Bonchev–Trinajstić information content (AvgIpc) is 3.26. The third kappa shape index (κ3) is 2.19. The van der Waals surface area contributed by atoms with Crippen molar-refractivity contribution < 1.29 is 9.25 Å². The van der Waals surface area contributed by atoms with Crippen LogP contribution in [0, 0.1) is 0 Å². The summed E-state index contributed by atoms with van der Waals surface area (Å²) in [5.74, 6) is 0.856. The van der Waals surface area contributed by atoms with E-state index in [1.54, 1.807) is 7.11 Å². The number of methoxy groups -OCH3 is 1. The highest BCUT2D eigenvalue weighted by atomic mass is 16.5. The molecule has 3 aromatic carbocycles. The van der Waals surface area contributed by atoms with Crippen LogP contribution in [0.25, 0.3) is 33.5 Å². The van der Waals surface area contributed by atoms with Gasteiger partial charge in [-0.05, 0) is 41.0 Å². The molecule has 0 aliphatic heterocycles. The molecule has 0 saturated carbocycles. The van der Waals surface area contributed by atoms with E-state index in [2.05, 4.69) is 74.9 Å². The Labute approximate surface area is 150 Å². The molecule has 0 bridgehead atoms. The van der Waals surface area contributed by atoms with Crippen LogP contribution < -0.4 is 9.25 Å². The van der Waals surface area contributed by atoms with E-state index in [0.29, 0.717) is 0 Å². The van der Waals surface area contributed by atoms with Gasteiger partial charge in [-0.3, -0.25) is 0 Å². The van der Waals surface area contributed by atoms with Crippen LogP contribution in [0.15, 0.2) is 84.9 Å². The molecule has 0 unspecified atom stereocenters. The van der Waals surface area contributed by atoms with Gasteiger partial charge in [-0.15, -0.1) is 4.52 Å². The minimum atomic E-state index is 0.856. The molecule has 0 radical (unpaired) electrons. The summed E-state index contributed by atoms with van der Waals surface area (Å²) in [6.07, 6.45) is 0. The third-order valence-corrected chi connectivity index (χ3v) is 4.74. The van der Waals surface area contributed by atoms with E-state index in [4.69, 9.17) is 4.74 Å². The van der Waals surface area contributed by atoms with Crippen molar-refractivity contribution in [2.24, 2.45) is 0 Å². The van der Waals surface area contributed by atoms with Crippen LogP contribution in [0.2, 0.25) is 0 Å². The largest absolute Gasteiger partial charge is 0.497 e. The first-order chi connectivity index (χ1) is 12.8. The minimum absolute atomic E-state index is 0.856. The van der Waals surface area contributed by atoms with Gasteiger partial charge in [-0.25, -0.2) is 0 Å². The fourth-order valence-corrected chi connectivity index (χ4v) is 3.46. The second-order valence-electron chi connectivity index (χ2n) is 6.26. The van der Waals surface area contributed by atoms with Crippen LogP contribution in [0.5, 0.6) is 5.75 Å². The number of ether oxygens (including phenoxy) is 1. The highest BCUT2D eigenvalue weighted by molar-refractivity contribution is 5.74. The third-order valence-electron chi connectivity index (χ3n) is 4.74. The summed E-state index contributed by atoms with van der Waals surface area (Å²) < 4.78 is 9.63. The summed E-state index contributed by atoms with van der Waals surface area (Å²) in [6, 6.07) is 29.2. The molecule has 0 aliphatic rings. The van der Waals surface area contributed by atoms with Crippen molar-refractivity contribution in [2.45, 2.75) is 0 Å². The molecular formula is C22H18N3O+. The zero-order valence-corrected chi connectivity index (χ0v) is 14.4. The van der Waals surface area contributed by atoms with Crippen molar-refractivity contribution in [3.05, 3.63) is 84.9 Å². The zero-order chi connectivity index (χ0) is 17.5. The SMILES string of the molecule is COc1ccc(-c2cc(-c3ccccc3)[n+]3c4ccccc4[nH]n23)cc1. The van der Waals surface area contributed by atoms with Gasteiger partial charge in [-0.2, -0.15) is 5.10 Å². The number of para-hydroxylation sites is 2. The summed E-state index contributed by atoms with van der Waals surface area (Å²) >= 11 is 0. The number of aromatic amines is 1. The lowest BCUT2D eigenvalue weighted by Gasteiger charge is -2.00. The topological polar surface area (TPSA) is 33.5 Å². The fraction of sp³-hybridized carbons (Fsp3) is 0.0455. The predicted molar refractivity (Wildman–Crippen MR) is 102 cm³/mol. The van der Waals surface area contributed by atoms with Crippen molar-refractivity contribution in [3.63, 3.8) is 0 Å². The lowest BCUT2D eigenvalue weighted by atomic mass is 10.1. The van der Waals surface area contributed by atoms with Crippen LogP contribution in [-0.2, 0) is 0 Å². The first-order valence-electron chi connectivity index (χ1n) is 8.59. The van der Waals surface area contributed by atoms with Crippen molar-refractivity contribution in [1.82, 2.24) is 9.73 Å². The molecule has 0 aliphatic carbocycles. The van der Waals surface area contributed by atoms with Gasteiger partial charge in [0.25, 0.3) is 0 Å². The standard InChI is InChI=1S/C22H18N3O/c1-26-18-13-11-17(12-14-18)22-15-21(16-7-3-2-4-8-16)24-20-10-6-5-9-19(20)23-25(22)24/h2-15,23H,1H3/q+1. The van der Waals surface area contributed by atoms with Crippen LogP contribution in [0.4, 0.5) is 0 Å². The quantitative estimate of drug-likeness (QED) is 0.487. The number of rotatable bonds is 3. The molecule has 26 heavy (non-hydrogen) atoms. The van der Waals surface area contributed by atoms with Gasteiger partial charge in [0.1, 0.15) is 11.4 Å². The van der Waals surface area contributed by atoms with Gasteiger partial charge in [0, 0.05) is 17.2 Å². The molecule has 1 N–H and O–H groups in total. The molecule has 5 rings (SSSR count). The van der Waals surface area contributed by atoms with Gasteiger partial charge in [0.05, 0.1) is 7.11 Å². The van der Waals surface area contributed by atoms with Crippen molar-refractivity contribution in [3.8, 4) is 28.3 Å². The Morgan fingerprint density at radius 3 is 2.31 bits per heavy atom. The number of H-pyrrole nitrogens is 1. The van der Waals surface area contributed by atoms with Crippen molar-refractivity contribution in [1.29, 1.82) is 0 Å². The number of fused-ring (bicyclic) bond motifs is 3. The Bertz CT molecular complexity index is 1200. The monoisotopic (exact) mass is 340 g/mol. The molecule has 0 atom stereocenters. The van der Waals surface area contributed by atoms with E-state index < -0.39 is 0 Å². The van der Waals surface area contributed by atoms with E-state index in [1.165, 1.54) is 5.56 Å². The second kappa shape index (κ2) is 5.77. The van der Waals surface area contributed by atoms with Crippen LogP contribution in [0.3, 0.4) is 0 Å². The summed E-state index contributed by atoms with van der Waals surface area (Å²) in [4.78, 5) is 0. The smallest absolute Gasteiger partial charge is 0.202 e. The molecular weight excluding hydrogens is 322 g/mol. The van der Waals surface area contributed by atoms with Crippen LogP contribution >= 0.6 is 0 Å². The zero-order valence-electron chi connectivity index (χ0n) is 14.4. The van der Waals surface area contributed by atoms with Gasteiger partial charge < -0.3 is 4.74 Å². The van der Waals surface area contributed by atoms with E-state index in [9.17, 15) is 0 Å². The Hall–Kier alpha value is -3.53. The molecule has 2 aromatic heterocycles. The molecule has 126 valence electrons. The second-order valence-corrected chi connectivity index (χ2v) is 6.26. The lowest BCUT2D eigenvalue weighted by molar-refractivity contribution is -0.580. The van der Waals surface area contributed by atoms with E-state index in [-0.39, 0.29) is 0 Å². The highest BCUT2D eigenvalue weighted by Gasteiger charge is 2.22. The predicted octanol–water partition coefficient (Wildman–Crippen LogP) is 4.35. The molecule has 0 saturated heterocycles. The van der Waals surface area contributed by atoms with Crippen LogP contribution in [0.1, 0.15) is 0 Å². The number of aromatic nitrogens is 3. The average molecular weight is 340 g/mol. The molecule has 0 spiro atoms. The highest BCUT2D eigenvalue weighted by Crippen LogP contribution is 2.27. The normalized spacial score (nSPS) is 11.3. The van der Waals surface area contributed by atoms with E-state index in [0.717, 1.165) is 33.7 Å². The van der Waals surface area contributed by atoms with E-state index in [1.807, 2.05) is 24.3 Å². The van der Waals surface area contributed by atoms with Crippen molar-refractivity contribution >= 4 is 11.0 Å². The number of nitrogens with one attached hydrogen (secondary N) is 1. The molecule has 0 fully saturated rings. The maximum atomic E-state index is 5.30. The first kappa shape index (κ1) is 14.8. The maximum Gasteiger partial charge on any atom is 0.202 e. The maximum absolute atomic E-state index is 5.30. The Morgan fingerprint density at radius 2 is 1.54 bits per heavy atom. The Morgan fingerprint density at radius 1 is 0.808 bits per heavy atom. The van der Waals surface area contributed by atoms with Gasteiger partial charge in [-0.1, -0.05) is 42.5 Å². The Kier molecular flexibility index (Phi) is 3.28. The molecule has 4 nitrogen and oxygen atoms in total. The number of nitrogens with zero attached hydrogens (tertiary/aromatic N) is 2. The molecule has 4 heteroatoms. The van der Waals surface area contributed by atoms with E-state index >= 15 is 0 Å². The van der Waals surface area contributed by atoms with Gasteiger partial charge >= 0.3 is 0 Å². The Balaban J connectivity index is 1.84. The lowest BCUT2D eigenvalue weighted by Crippen LogP contribution is -2.28. The van der Waals surface area contributed by atoms with Gasteiger partial charge in [0.2, 0.25) is 5.52 Å². The summed E-state index contributed by atoms with van der Waals surface area (Å²) in [5, 5.41) is 3.51. The minimum Gasteiger partial charge on any atom is -0.497 e. The van der Waals surface area contributed by atoms with Gasteiger partial charge in [0.15, 0.2) is 11.2 Å². The number of hydrogen-bond donors (Lipinski definition) is 1. The number of benzene rings is 3.